The lowest BCUT2D eigenvalue weighted by atomic mass is 10.0. The van der Waals surface area contributed by atoms with Gasteiger partial charge in [-0.3, -0.25) is 0 Å². The van der Waals surface area contributed by atoms with Crippen LogP contribution in [0.1, 0.15) is 6.42 Å². The average Bonchev–Trinajstić information content (AvgIpc) is 2.05. The van der Waals surface area contributed by atoms with Crippen molar-refractivity contribution in [3.63, 3.8) is 0 Å². The molecular formula is C7H14O5. The lowest BCUT2D eigenvalue weighted by Crippen LogP contribution is -2.49. The summed E-state index contributed by atoms with van der Waals surface area (Å²) >= 11 is 0. The molecule has 4 atom stereocenters. The zero-order chi connectivity index (χ0) is 9.14. The van der Waals surface area contributed by atoms with Crippen LogP contribution in [0, 0.1) is 0 Å². The van der Waals surface area contributed by atoms with E-state index in [9.17, 15) is 10.2 Å². The third-order valence-corrected chi connectivity index (χ3v) is 1.95. The Morgan fingerprint density at radius 3 is 2.58 bits per heavy atom. The van der Waals surface area contributed by atoms with Gasteiger partial charge in [-0.25, -0.2) is 0 Å². The molecular weight excluding hydrogens is 164 g/mol. The van der Waals surface area contributed by atoms with Gasteiger partial charge in [0, 0.05) is 13.5 Å². The first-order chi connectivity index (χ1) is 5.69. The summed E-state index contributed by atoms with van der Waals surface area (Å²) in [6, 6.07) is 0. The molecule has 3 N–H and O–H groups in total. The van der Waals surface area contributed by atoms with Crippen molar-refractivity contribution in [3.05, 3.63) is 0 Å². The summed E-state index contributed by atoms with van der Waals surface area (Å²) in [5, 5.41) is 27.3. The molecule has 1 rings (SSSR count). The fraction of sp³-hybridized carbons (Fsp3) is 1.00. The molecule has 5 nitrogen and oxygen atoms in total. The first kappa shape index (κ1) is 9.88. The molecule has 1 aliphatic rings. The van der Waals surface area contributed by atoms with Crippen LogP contribution in [-0.2, 0) is 9.47 Å². The van der Waals surface area contributed by atoms with E-state index in [2.05, 4.69) is 0 Å². The monoisotopic (exact) mass is 178 g/mol. The molecule has 1 heterocycles. The maximum absolute atomic E-state index is 9.26. The Morgan fingerprint density at radius 1 is 1.42 bits per heavy atom. The second-order valence-corrected chi connectivity index (χ2v) is 2.83. The molecule has 0 saturated carbocycles. The number of hydrogen-bond acceptors (Lipinski definition) is 5. The van der Waals surface area contributed by atoms with E-state index in [4.69, 9.17) is 14.6 Å². The van der Waals surface area contributed by atoms with Gasteiger partial charge >= 0.3 is 0 Å². The minimum atomic E-state index is -0.826. The Morgan fingerprint density at radius 2 is 2.08 bits per heavy atom. The van der Waals surface area contributed by atoms with E-state index >= 15 is 0 Å². The number of rotatable bonds is 2. The van der Waals surface area contributed by atoms with E-state index in [1.54, 1.807) is 0 Å². The van der Waals surface area contributed by atoms with Gasteiger partial charge in [-0.1, -0.05) is 0 Å². The summed E-state index contributed by atoms with van der Waals surface area (Å²) in [6.45, 7) is -0.270. The summed E-state index contributed by atoms with van der Waals surface area (Å²) in [5.41, 5.74) is 0. The second-order valence-electron chi connectivity index (χ2n) is 2.83. The standard InChI is InChI=1S/C7H14O5/c1-11-7-5(10)2-4(9)6(3-8)12-7/h4-10H,2-3H2,1H3/t4-,5+,6+,7+/m1/s1. The molecule has 1 saturated heterocycles. The van der Waals surface area contributed by atoms with Crippen molar-refractivity contribution in [1.82, 2.24) is 0 Å². The van der Waals surface area contributed by atoms with Crippen LogP contribution in [0.4, 0.5) is 0 Å². The Bertz CT molecular complexity index is 126. The summed E-state index contributed by atoms with van der Waals surface area (Å²) in [5.74, 6) is 0. The lowest BCUT2D eigenvalue weighted by molar-refractivity contribution is -0.261. The van der Waals surface area contributed by atoms with Crippen LogP contribution in [0.2, 0.25) is 0 Å². The fourth-order valence-corrected chi connectivity index (χ4v) is 1.24. The number of ether oxygens (including phenoxy) is 2. The summed E-state index contributed by atoms with van der Waals surface area (Å²) in [7, 11) is 1.40. The van der Waals surface area contributed by atoms with E-state index < -0.39 is 24.6 Å². The van der Waals surface area contributed by atoms with Gasteiger partial charge in [0.15, 0.2) is 6.29 Å². The molecule has 1 fully saturated rings. The van der Waals surface area contributed by atoms with Gasteiger partial charge in [0.25, 0.3) is 0 Å². The van der Waals surface area contributed by atoms with Crippen molar-refractivity contribution in [3.8, 4) is 0 Å². The van der Waals surface area contributed by atoms with Crippen molar-refractivity contribution < 1.29 is 24.8 Å². The molecule has 0 unspecified atom stereocenters. The van der Waals surface area contributed by atoms with E-state index in [0.717, 1.165) is 0 Å². The van der Waals surface area contributed by atoms with Gasteiger partial charge in [0.2, 0.25) is 0 Å². The molecule has 0 aromatic heterocycles. The third kappa shape index (κ3) is 1.94. The van der Waals surface area contributed by atoms with Gasteiger partial charge in [-0.15, -0.1) is 0 Å². The molecule has 0 bridgehead atoms. The van der Waals surface area contributed by atoms with Crippen molar-refractivity contribution >= 4 is 0 Å². The molecule has 72 valence electrons. The summed E-state index contributed by atoms with van der Waals surface area (Å²) in [6.07, 6.45) is -2.88. The Hall–Kier alpha value is -0.200. The van der Waals surface area contributed by atoms with E-state index in [0.29, 0.717) is 0 Å². The van der Waals surface area contributed by atoms with Crippen LogP contribution in [0.15, 0.2) is 0 Å². The smallest absolute Gasteiger partial charge is 0.183 e. The number of aliphatic hydroxyl groups excluding tert-OH is 3. The number of methoxy groups -OCH3 is 1. The zero-order valence-electron chi connectivity index (χ0n) is 6.88. The Labute approximate surface area is 70.5 Å². The Balaban J connectivity index is 2.50. The van der Waals surface area contributed by atoms with Crippen molar-refractivity contribution in [2.24, 2.45) is 0 Å². The molecule has 5 heteroatoms. The van der Waals surface area contributed by atoms with Crippen molar-refractivity contribution in [2.75, 3.05) is 13.7 Å². The molecule has 0 aliphatic carbocycles. The van der Waals surface area contributed by atoms with E-state index in [-0.39, 0.29) is 13.0 Å². The van der Waals surface area contributed by atoms with E-state index in [1.807, 2.05) is 0 Å². The maximum Gasteiger partial charge on any atom is 0.183 e. The number of aliphatic hydroxyl groups is 3. The van der Waals surface area contributed by atoms with Gasteiger partial charge in [0.1, 0.15) is 12.2 Å². The fourth-order valence-electron chi connectivity index (χ4n) is 1.24. The van der Waals surface area contributed by atoms with Crippen molar-refractivity contribution in [1.29, 1.82) is 0 Å². The van der Waals surface area contributed by atoms with Crippen LogP contribution < -0.4 is 0 Å². The predicted octanol–water partition coefficient (Wildman–Crippen LogP) is -1.54. The van der Waals surface area contributed by atoms with Crippen LogP contribution in [-0.4, -0.2) is 53.6 Å². The zero-order valence-corrected chi connectivity index (χ0v) is 6.88. The maximum atomic E-state index is 9.26. The quantitative estimate of drug-likeness (QED) is 0.477. The first-order valence-electron chi connectivity index (χ1n) is 3.84. The Kier molecular flexibility index (Phi) is 3.42. The molecule has 0 aromatic rings. The van der Waals surface area contributed by atoms with Gasteiger partial charge in [-0.2, -0.15) is 0 Å². The van der Waals surface area contributed by atoms with E-state index in [1.165, 1.54) is 7.11 Å². The molecule has 0 spiro atoms. The second kappa shape index (κ2) is 4.15. The topological polar surface area (TPSA) is 79.2 Å². The molecule has 0 radical (unpaired) electrons. The lowest BCUT2D eigenvalue weighted by Gasteiger charge is -2.35. The average molecular weight is 178 g/mol. The highest BCUT2D eigenvalue weighted by molar-refractivity contribution is 4.80. The van der Waals surface area contributed by atoms with Gasteiger partial charge in [-0.05, 0) is 0 Å². The van der Waals surface area contributed by atoms with Crippen LogP contribution in [0.25, 0.3) is 0 Å². The van der Waals surface area contributed by atoms with Crippen LogP contribution in [0.3, 0.4) is 0 Å². The van der Waals surface area contributed by atoms with Crippen LogP contribution >= 0.6 is 0 Å². The summed E-state index contributed by atoms with van der Waals surface area (Å²) in [4.78, 5) is 0. The van der Waals surface area contributed by atoms with Crippen LogP contribution in [0.5, 0.6) is 0 Å². The predicted molar refractivity (Wildman–Crippen MR) is 39.4 cm³/mol. The normalized spacial score (nSPS) is 43.0. The largest absolute Gasteiger partial charge is 0.394 e. The minimum absolute atomic E-state index is 0.170. The third-order valence-electron chi connectivity index (χ3n) is 1.95. The van der Waals surface area contributed by atoms with Gasteiger partial charge in [0.05, 0.1) is 12.7 Å². The molecule has 12 heavy (non-hydrogen) atoms. The summed E-state index contributed by atoms with van der Waals surface area (Å²) < 4.78 is 9.83. The molecule has 0 aromatic carbocycles. The number of hydrogen-bond donors (Lipinski definition) is 3. The van der Waals surface area contributed by atoms with Crippen molar-refractivity contribution in [2.45, 2.75) is 31.0 Å². The highest BCUT2D eigenvalue weighted by Gasteiger charge is 2.35. The minimum Gasteiger partial charge on any atom is -0.394 e. The SMILES string of the molecule is CO[C@H]1O[C@@H](CO)[C@H](O)C[C@@H]1O. The highest BCUT2D eigenvalue weighted by atomic mass is 16.7. The molecule has 0 amide bonds. The molecule has 1 aliphatic heterocycles. The first-order valence-corrected chi connectivity index (χ1v) is 3.84. The highest BCUT2D eigenvalue weighted by Crippen LogP contribution is 2.20. The van der Waals surface area contributed by atoms with Gasteiger partial charge < -0.3 is 24.8 Å².